The number of rotatable bonds is 2. The molecular formula is C13H21N3. The van der Waals surface area contributed by atoms with Crippen LogP contribution in [-0.2, 0) is 0 Å². The molecule has 1 fully saturated rings. The van der Waals surface area contributed by atoms with Gasteiger partial charge in [0.1, 0.15) is 12.1 Å². The van der Waals surface area contributed by atoms with Crippen LogP contribution in [0.25, 0.3) is 0 Å². The molecule has 1 aromatic rings. The molecule has 0 aliphatic heterocycles. The van der Waals surface area contributed by atoms with E-state index >= 15 is 0 Å². The van der Waals surface area contributed by atoms with Crippen molar-refractivity contribution >= 4 is 5.82 Å². The summed E-state index contributed by atoms with van der Waals surface area (Å²) in [5.41, 5.74) is 1.49. The molecule has 0 bridgehead atoms. The molecular weight excluding hydrogens is 198 g/mol. The molecule has 0 spiro atoms. The minimum absolute atomic E-state index is 0.470. The van der Waals surface area contributed by atoms with E-state index in [1.54, 1.807) is 6.33 Å². The number of nitrogens with one attached hydrogen (secondary N) is 1. The van der Waals surface area contributed by atoms with E-state index in [0.717, 1.165) is 11.5 Å². The Kier molecular flexibility index (Phi) is 3.13. The molecule has 16 heavy (non-hydrogen) atoms. The standard InChI is InChI=1S/C13H21N3/c1-10-7-12(15-9-14-10)16-11-5-4-6-13(2,3)8-11/h7,9,11H,4-6,8H2,1-3H3,(H,14,15,16). The van der Waals surface area contributed by atoms with Crippen LogP contribution in [0.3, 0.4) is 0 Å². The van der Waals surface area contributed by atoms with E-state index in [2.05, 4.69) is 29.1 Å². The molecule has 1 atom stereocenters. The second-order valence-electron chi connectivity index (χ2n) is 5.65. The van der Waals surface area contributed by atoms with Gasteiger partial charge in [-0.25, -0.2) is 9.97 Å². The van der Waals surface area contributed by atoms with Crippen molar-refractivity contribution < 1.29 is 0 Å². The van der Waals surface area contributed by atoms with Crippen molar-refractivity contribution in [2.45, 2.75) is 52.5 Å². The van der Waals surface area contributed by atoms with Crippen molar-refractivity contribution in [1.29, 1.82) is 0 Å². The summed E-state index contributed by atoms with van der Waals surface area (Å²) in [6.07, 6.45) is 6.77. The Hall–Kier alpha value is -1.12. The third kappa shape index (κ3) is 2.94. The fraction of sp³-hybridized carbons (Fsp3) is 0.692. The normalized spacial score (nSPS) is 24.1. The van der Waals surface area contributed by atoms with Gasteiger partial charge in [-0.05, 0) is 31.6 Å². The van der Waals surface area contributed by atoms with Crippen molar-refractivity contribution in [2.24, 2.45) is 5.41 Å². The minimum atomic E-state index is 0.470. The number of aromatic nitrogens is 2. The Morgan fingerprint density at radius 2 is 2.19 bits per heavy atom. The fourth-order valence-corrected chi connectivity index (χ4v) is 2.56. The average molecular weight is 219 g/mol. The molecule has 0 amide bonds. The highest BCUT2D eigenvalue weighted by Crippen LogP contribution is 2.36. The summed E-state index contributed by atoms with van der Waals surface area (Å²) in [7, 11) is 0. The molecule has 0 aromatic carbocycles. The third-order valence-corrected chi connectivity index (χ3v) is 3.36. The molecule has 3 nitrogen and oxygen atoms in total. The van der Waals surface area contributed by atoms with Gasteiger partial charge in [0.15, 0.2) is 0 Å². The van der Waals surface area contributed by atoms with Crippen LogP contribution < -0.4 is 5.32 Å². The zero-order valence-corrected chi connectivity index (χ0v) is 10.5. The van der Waals surface area contributed by atoms with Crippen molar-refractivity contribution in [1.82, 2.24) is 9.97 Å². The Bertz CT molecular complexity index is 360. The van der Waals surface area contributed by atoms with Gasteiger partial charge in [-0.15, -0.1) is 0 Å². The van der Waals surface area contributed by atoms with E-state index in [-0.39, 0.29) is 0 Å². The van der Waals surface area contributed by atoms with Gasteiger partial charge in [-0.3, -0.25) is 0 Å². The molecule has 1 saturated carbocycles. The second-order valence-corrected chi connectivity index (χ2v) is 5.65. The van der Waals surface area contributed by atoms with E-state index < -0.39 is 0 Å². The Morgan fingerprint density at radius 3 is 2.88 bits per heavy atom. The van der Waals surface area contributed by atoms with Gasteiger partial charge < -0.3 is 5.32 Å². The van der Waals surface area contributed by atoms with Crippen molar-refractivity contribution in [2.75, 3.05) is 5.32 Å². The fourth-order valence-electron chi connectivity index (χ4n) is 2.56. The predicted octanol–water partition coefficient (Wildman–Crippen LogP) is 3.17. The summed E-state index contributed by atoms with van der Waals surface area (Å²) < 4.78 is 0. The monoisotopic (exact) mass is 219 g/mol. The van der Waals surface area contributed by atoms with E-state index in [9.17, 15) is 0 Å². The first-order valence-electron chi connectivity index (χ1n) is 6.10. The van der Waals surface area contributed by atoms with Gasteiger partial charge in [0, 0.05) is 17.8 Å². The summed E-state index contributed by atoms with van der Waals surface area (Å²) >= 11 is 0. The number of hydrogen-bond donors (Lipinski definition) is 1. The van der Waals surface area contributed by atoms with Gasteiger partial charge in [0.25, 0.3) is 0 Å². The minimum Gasteiger partial charge on any atom is -0.367 e. The SMILES string of the molecule is Cc1cc(NC2CCCC(C)(C)C2)ncn1. The van der Waals surface area contributed by atoms with Crippen LogP contribution in [0, 0.1) is 12.3 Å². The lowest BCUT2D eigenvalue weighted by atomic mass is 9.75. The quantitative estimate of drug-likeness (QED) is 0.830. The zero-order chi connectivity index (χ0) is 11.6. The molecule has 1 aliphatic carbocycles. The number of aryl methyl sites for hydroxylation is 1. The summed E-state index contributed by atoms with van der Waals surface area (Å²) in [5.74, 6) is 0.968. The van der Waals surface area contributed by atoms with Crippen LogP contribution in [0.5, 0.6) is 0 Å². The van der Waals surface area contributed by atoms with Crippen LogP contribution in [-0.4, -0.2) is 16.0 Å². The van der Waals surface area contributed by atoms with Crippen LogP contribution in [0.1, 0.15) is 45.2 Å². The van der Waals surface area contributed by atoms with Crippen LogP contribution >= 0.6 is 0 Å². The summed E-state index contributed by atoms with van der Waals surface area (Å²) in [6, 6.07) is 2.58. The van der Waals surface area contributed by atoms with Gasteiger partial charge in [-0.2, -0.15) is 0 Å². The van der Waals surface area contributed by atoms with Crippen LogP contribution in [0.2, 0.25) is 0 Å². The molecule has 1 heterocycles. The zero-order valence-electron chi connectivity index (χ0n) is 10.5. The number of anilines is 1. The van der Waals surface area contributed by atoms with Crippen LogP contribution in [0.15, 0.2) is 12.4 Å². The molecule has 3 heteroatoms. The molecule has 1 N–H and O–H groups in total. The first kappa shape index (κ1) is 11.4. The third-order valence-electron chi connectivity index (χ3n) is 3.36. The summed E-state index contributed by atoms with van der Waals surface area (Å²) in [5, 5.41) is 3.53. The predicted molar refractivity (Wildman–Crippen MR) is 66.4 cm³/mol. The first-order valence-corrected chi connectivity index (χ1v) is 6.10. The highest BCUT2D eigenvalue weighted by Gasteiger charge is 2.27. The molecule has 1 aliphatic rings. The average Bonchev–Trinajstić information content (AvgIpc) is 2.15. The largest absolute Gasteiger partial charge is 0.367 e. The first-order chi connectivity index (χ1) is 7.55. The van der Waals surface area contributed by atoms with Gasteiger partial charge in [0.2, 0.25) is 0 Å². The van der Waals surface area contributed by atoms with Crippen molar-refractivity contribution in [3.05, 3.63) is 18.1 Å². The summed E-state index contributed by atoms with van der Waals surface area (Å²) in [6.45, 7) is 6.70. The lowest BCUT2D eigenvalue weighted by Crippen LogP contribution is -2.32. The lowest BCUT2D eigenvalue weighted by molar-refractivity contribution is 0.229. The Labute approximate surface area is 97.7 Å². The van der Waals surface area contributed by atoms with Gasteiger partial charge in [0.05, 0.1) is 0 Å². The van der Waals surface area contributed by atoms with Crippen LogP contribution in [0.4, 0.5) is 5.82 Å². The lowest BCUT2D eigenvalue weighted by Gasteiger charge is -2.35. The maximum atomic E-state index is 4.26. The number of nitrogens with zero attached hydrogens (tertiary/aromatic N) is 2. The van der Waals surface area contributed by atoms with Crippen molar-refractivity contribution in [3.63, 3.8) is 0 Å². The summed E-state index contributed by atoms with van der Waals surface area (Å²) in [4.78, 5) is 8.37. The van der Waals surface area contributed by atoms with E-state index in [0.29, 0.717) is 11.5 Å². The topological polar surface area (TPSA) is 37.8 Å². The molecule has 1 aromatic heterocycles. The molecule has 0 radical (unpaired) electrons. The molecule has 0 saturated heterocycles. The highest BCUT2D eigenvalue weighted by atomic mass is 15.0. The Morgan fingerprint density at radius 1 is 1.38 bits per heavy atom. The molecule has 2 rings (SSSR count). The maximum absolute atomic E-state index is 4.26. The Balaban J connectivity index is 1.99. The maximum Gasteiger partial charge on any atom is 0.129 e. The van der Waals surface area contributed by atoms with E-state index in [4.69, 9.17) is 0 Å². The van der Waals surface area contributed by atoms with E-state index in [1.165, 1.54) is 25.7 Å². The second kappa shape index (κ2) is 4.40. The van der Waals surface area contributed by atoms with Gasteiger partial charge >= 0.3 is 0 Å². The van der Waals surface area contributed by atoms with E-state index in [1.807, 2.05) is 13.0 Å². The highest BCUT2D eigenvalue weighted by molar-refractivity contribution is 5.35. The smallest absolute Gasteiger partial charge is 0.129 e. The number of hydrogen-bond acceptors (Lipinski definition) is 3. The van der Waals surface area contributed by atoms with Gasteiger partial charge in [-0.1, -0.05) is 20.3 Å². The molecule has 88 valence electrons. The van der Waals surface area contributed by atoms with Crippen molar-refractivity contribution in [3.8, 4) is 0 Å². The molecule has 1 unspecified atom stereocenters.